The molecular formula is C17H27BrN6. The summed E-state index contributed by atoms with van der Waals surface area (Å²) in [6, 6.07) is 2.13. The minimum atomic E-state index is 0.798. The van der Waals surface area contributed by atoms with Gasteiger partial charge in [0.05, 0.1) is 12.2 Å². The van der Waals surface area contributed by atoms with Crippen molar-refractivity contribution in [3.05, 3.63) is 39.4 Å². The molecule has 0 saturated carbocycles. The van der Waals surface area contributed by atoms with E-state index < -0.39 is 0 Å². The molecule has 2 aromatic rings. The zero-order chi connectivity index (χ0) is 17.9. The molecule has 2 heterocycles. The summed E-state index contributed by atoms with van der Waals surface area (Å²) in [5, 5.41) is 7.92. The van der Waals surface area contributed by atoms with Gasteiger partial charge in [-0.1, -0.05) is 0 Å². The van der Waals surface area contributed by atoms with E-state index in [1.54, 1.807) is 0 Å². The second-order valence-electron chi connectivity index (χ2n) is 6.11. The Bertz CT molecular complexity index is 728. The fourth-order valence-electron chi connectivity index (χ4n) is 2.90. The van der Waals surface area contributed by atoms with Gasteiger partial charge in [-0.15, -0.1) is 0 Å². The quantitative estimate of drug-likeness (QED) is 0.625. The molecule has 0 aromatic carbocycles. The highest BCUT2D eigenvalue weighted by Crippen LogP contribution is 2.15. The highest BCUT2D eigenvalue weighted by Gasteiger charge is 2.12. The highest BCUT2D eigenvalue weighted by atomic mass is 79.9. The zero-order valence-corrected chi connectivity index (χ0v) is 17.0. The predicted molar refractivity (Wildman–Crippen MR) is 102 cm³/mol. The third-order valence-electron chi connectivity index (χ3n) is 4.36. The summed E-state index contributed by atoms with van der Waals surface area (Å²) in [5.41, 5.74) is 4.88. The summed E-state index contributed by atoms with van der Waals surface area (Å²) in [4.78, 5) is 6.52. The van der Waals surface area contributed by atoms with E-state index in [4.69, 9.17) is 0 Å². The van der Waals surface area contributed by atoms with Crippen LogP contribution in [0.2, 0.25) is 0 Å². The summed E-state index contributed by atoms with van der Waals surface area (Å²) in [6.45, 7) is 5.81. The van der Waals surface area contributed by atoms with Gasteiger partial charge in [-0.3, -0.25) is 9.67 Å². The van der Waals surface area contributed by atoms with E-state index in [1.807, 2.05) is 18.8 Å². The van der Waals surface area contributed by atoms with Crippen molar-refractivity contribution in [1.82, 2.24) is 24.6 Å². The largest absolute Gasteiger partial charge is 0.356 e. The minimum absolute atomic E-state index is 0.798. The molecule has 132 valence electrons. The van der Waals surface area contributed by atoms with E-state index in [2.05, 4.69) is 81.0 Å². The second kappa shape index (κ2) is 7.88. The Labute approximate surface area is 152 Å². The maximum atomic E-state index is 4.47. The Morgan fingerprint density at radius 3 is 2.58 bits per heavy atom. The van der Waals surface area contributed by atoms with Crippen LogP contribution in [0.4, 0.5) is 0 Å². The van der Waals surface area contributed by atoms with Gasteiger partial charge in [0.1, 0.15) is 0 Å². The molecule has 0 aliphatic heterocycles. The molecule has 0 aliphatic rings. The van der Waals surface area contributed by atoms with Crippen molar-refractivity contribution in [3.8, 4) is 0 Å². The number of hydrogen-bond acceptors (Lipinski definition) is 2. The number of guanidine groups is 1. The van der Waals surface area contributed by atoms with Crippen LogP contribution in [-0.4, -0.2) is 45.8 Å². The van der Waals surface area contributed by atoms with E-state index in [0.717, 1.165) is 35.6 Å². The van der Waals surface area contributed by atoms with Crippen LogP contribution in [0.1, 0.15) is 22.6 Å². The van der Waals surface area contributed by atoms with Crippen LogP contribution in [0.3, 0.4) is 0 Å². The Kier molecular flexibility index (Phi) is 6.10. The van der Waals surface area contributed by atoms with Crippen molar-refractivity contribution in [3.63, 3.8) is 0 Å². The molecule has 0 unspecified atom stereocenters. The van der Waals surface area contributed by atoms with E-state index in [1.165, 1.54) is 17.0 Å². The Balaban J connectivity index is 1.93. The van der Waals surface area contributed by atoms with Crippen LogP contribution >= 0.6 is 15.9 Å². The second-order valence-corrected chi connectivity index (χ2v) is 7.03. The molecule has 6 nitrogen and oxygen atoms in total. The van der Waals surface area contributed by atoms with Gasteiger partial charge in [-0.05, 0) is 47.8 Å². The van der Waals surface area contributed by atoms with Crippen molar-refractivity contribution in [2.24, 2.45) is 19.1 Å². The number of aryl methyl sites for hydroxylation is 3. The van der Waals surface area contributed by atoms with Crippen LogP contribution in [0.15, 0.2) is 21.7 Å². The molecule has 0 fully saturated rings. The van der Waals surface area contributed by atoms with Crippen molar-refractivity contribution in [2.75, 3.05) is 20.6 Å². The molecule has 1 N–H and O–H groups in total. The molecule has 2 aromatic heterocycles. The number of aromatic nitrogens is 3. The average molecular weight is 395 g/mol. The molecule has 0 radical (unpaired) electrons. The molecule has 0 saturated heterocycles. The summed E-state index contributed by atoms with van der Waals surface area (Å²) in [5.74, 6) is 0.895. The number of hydrogen-bond donors (Lipinski definition) is 1. The molecule has 0 atom stereocenters. The Hall–Kier alpha value is -1.76. The van der Waals surface area contributed by atoms with E-state index >= 15 is 0 Å². The van der Waals surface area contributed by atoms with Crippen molar-refractivity contribution in [1.29, 1.82) is 0 Å². The van der Waals surface area contributed by atoms with Gasteiger partial charge in [0.2, 0.25) is 0 Å². The summed E-state index contributed by atoms with van der Waals surface area (Å²) >= 11 is 3.52. The van der Waals surface area contributed by atoms with Gasteiger partial charge in [-0.2, -0.15) is 5.10 Å². The number of nitrogens with one attached hydrogen (secondary N) is 1. The molecule has 0 aliphatic carbocycles. The summed E-state index contributed by atoms with van der Waals surface area (Å²) < 4.78 is 5.16. The van der Waals surface area contributed by atoms with Crippen molar-refractivity contribution >= 4 is 21.9 Å². The van der Waals surface area contributed by atoms with Gasteiger partial charge < -0.3 is 14.8 Å². The minimum Gasteiger partial charge on any atom is -0.356 e. The fourth-order valence-corrected chi connectivity index (χ4v) is 3.48. The maximum absolute atomic E-state index is 4.47. The number of aliphatic imine (C=N–C) groups is 1. The van der Waals surface area contributed by atoms with Crippen LogP contribution < -0.4 is 5.32 Å². The van der Waals surface area contributed by atoms with Crippen LogP contribution in [0.5, 0.6) is 0 Å². The van der Waals surface area contributed by atoms with Gasteiger partial charge in [0, 0.05) is 56.8 Å². The van der Waals surface area contributed by atoms with Gasteiger partial charge >= 0.3 is 0 Å². The Morgan fingerprint density at radius 1 is 1.38 bits per heavy atom. The molecule has 0 bridgehead atoms. The smallest absolute Gasteiger partial charge is 0.193 e. The third kappa shape index (κ3) is 4.20. The SMILES string of the molecule is CN=C(NCCc1c(C)nn(C)c1C)N(C)Cc1cc(Br)cn1C. The fraction of sp³-hybridized carbons (Fsp3) is 0.529. The monoisotopic (exact) mass is 394 g/mol. The van der Waals surface area contributed by atoms with Crippen LogP contribution in [-0.2, 0) is 27.1 Å². The number of nitrogens with zero attached hydrogens (tertiary/aromatic N) is 5. The first-order valence-electron chi connectivity index (χ1n) is 8.05. The van der Waals surface area contributed by atoms with Gasteiger partial charge in [0.25, 0.3) is 0 Å². The number of halogens is 1. The average Bonchev–Trinajstić information content (AvgIpc) is 2.95. The number of rotatable bonds is 5. The summed E-state index contributed by atoms with van der Waals surface area (Å²) in [6.07, 6.45) is 3.00. The normalized spacial score (nSPS) is 11.9. The van der Waals surface area contributed by atoms with E-state index in [9.17, 15) is 0 Å². The molecule has 2 rings (SSSR count). The van der Waals surface area contributed by atoms with Crippen molar-refractivity contribution < 1.29 is 0 Å². The highest BCUT2D eigenvalue weighted by molar-refractivity contribution is 9.10. The molecule has 7 heteroatoms. The van der Waals surface area contributed by atoms with Crippen molar-refractivity contribution in [2.45, 2.75) is 26.8 Å². The Morgan fingerprint density at radius 2 is 2.08 bits per heavy atom. The lowest BCUT2D eigenvalue weighted by Gasteiger charge is -2.22. The standard InChI is InChI=1S/C17H27BrN6/c1-12-16(13(2)24(6)21-12)7-8-20-17(19-3)23(5)11-15-9-14(18)10-22(15)4/h9-10H,7-8,11H2,1-6H3,(H,19,20). The van der Waals surface area contributed by atoms with Crippen LogP contribution in [0.25, 0.3) is 0 Å². The lowest BCUT2D eigenvalue weighted by Crippen LogP contribution is -2.39. The zero-order valence-electron chi connectivity index (χ0n) is 15.4. The molecular weight excluding hydrogens is 368 g/mol. The first-order valence-corrected chi connectivity index (χ1v) is 8.84. The van der Waals surface area contributed by atoms with Gasteiger partial charge in [0.15, 0.2) is 5.96 Å². The van der Waals surface area contributed by atoms with Gasteiger partial charge in [-0.25, -0.2) is 0 Å². The topological polar surface area (TPSA) is 50.4 Å². The summed E-state index contributed by atoms with van der Waals surface area (Å²) in [7, 11) is 7.92. The predicted octanol–water partition coefficient (Wildman–Crippen LogP) is 2.39. The maximum Gasteiger partial charge on any atom is 0.193 e. The third-order valence-corrected chi connectivity index (χ3v) is 4.80. The first kappa shape index (κ1) is 18.6. The molecule has 0 amide bonds. The molecule has 24 heavy (non-hydrogen) atoms. The first-order chi connectivity index (χ1) is 11.3. The van der Waals surface area contributed by atoms with E-state index in [0.29, 0.717) is 0 Å². The molecule has 0 spiro atoms. The van der Waals surface area contributed by atoms with Crippen LogP contribution in [0, 0.1) is 13.8 Å². The lowest BCUT2D eigenvalue weighted by molar-refractivity contribution is 0.462. The lowest BCUT2D eigenvalue weighted by atomic mass is 10.1. The van der Waals surface area contributed by atoms with E-state index in [-0.39, 0.29) is 0 Å².